The van der Waals surface area contributed by atoms with Gasteiger partial charge in [0.1, 0.15) is 0 Å². The number of esters is 1. The van der Waals surface area contributed by atoms with E-state index in [9.17, 15) is 4.79 Å². The maximum atomic E-state index is 10.6. The van der Waals surface area contributed by atoms with Crippen LogP contribution in [-0.4, -0.2) is 12.6 Å². The summed E-state index contributed by atoms with van der Waals surface area (Å²) in [6.07, 6.45) is 5.39. The highest BCUT2D eigenvalue weighted by molar-refractivity contribution is 5.71. The number of ether oxygens (including phenoxy) is 1. The SMILES string of the molecule is C=C/C=C\CC(=O)OCC. The monoisotopic (exact) mass is 140 g/mol. The molecule has 0 rings (SSSR count). The maximum absolute atomic E-state index is 10.6. The van der Waals surface area contributed by atoms with Gasteiger partial charge in [0.15, 0.2) is 0 Å². The molecule has 0 unspecified atom stereocenters. The van der Waals surface area contributed by atoms with Crippen molar-refractivity contribution < 1.29 is 9.53 Å². The molecule has 56 valence electrons. The van der Waals surface area contributed by atoms with Gasteiger partial charge in [0.25, 0.3) is 0 Å². The predicted octanol–water partition coefficient (Wildman–Crippen LogP) is 1.68. The van der Waals surface area contributed by atoms with Crippen molar-refractivity contribution in [2.24, 2.45) is 0 Å². The fourth-order valence-corrected chi connectivity index (χ4v) is 0.480. The van der Waals surface area contributed by atoms with Crippen LogP contribution in [0.2, 0.25) is 0 Å². The topological polar surface area (TPSA) is 26.3 Å². The van der Waals surface area contributed by atoms with E-state index in [1.165, 1.54) is 0 Å². The molecule has 2 nitrogen and oxygen atoms in total. The first-order valence-corrected chi connectivity index (χ1v) is 3.24. The number of rotatable bonds is 4. The molecule has 0 saturated carbocycles. The molecule has 2 heteroatoms. The lowest BCUT2D eigenvalue weighted by Gasteiger charge is -1.95. The molecule has 0 bridgehead atoms. The van der Waals surface area contributed by atoms with Gasteiger partial charge in [0, 0.05) is 0 Å². The number of carbonyl (C=O) groups is 1. The second-order valence-electron chi connectivity index (χ2n) is 1.67. The second kappa shape index (κ2) is 6.08. The Bertz CT molecular complexity index is 136. The van der Waals surface area contributed by atoms with E-state index < -0.39 is 0 Å². The number of hydrogen-bond donors (Lipinski definition) is 0. The van der Waals surface area contributed by atoms with E-state index in [0.29, 0.717) is 13.0 Å². The van der Waals surface area contributed by atoms with E-state index in [4.69, 9.17) is 0 Å². The maximum Gasteiger partial charge on any atom is 0.309 e. The van der Waals surface area contributed by atoms with Crippen molar-refractivity contribution in [3.05, 3.63) is 24.8 Å². The van der Waals surface area contributed by atoms with E-state index >= 15 is 0 Å². The number of allylic oxidation sites excluding steroid dienone is 2. The predicted molar refractivity (Wildman–Crippen MR) is 40.6 cm³/mol. The molecule has 0 aromatic rings. The lowest BCUT2D eigenvalue weighted by molar-refractivity contribution is -0.142. The standard InChI is InChI=1S/C8H12O2/c1-3-5-6-7-8(9)10-4-2/h3,5-6H,1,4,7H2,2H3/b6-5-. The van der Waals surface area contributed by atoms with Crippen LogP contribution in [-0.2, 0) is 9.53 Å². The van der Waals surface area contributed by atoms with Crippen LogP contribution in [0.1, 0.15) is 13.3 Å². The molecule has 0 aromatic heterocycles. The Morgan fingerprint density at radius 1 is 1.70 bits per heavy atom. The van der Waals surface area contributed by atoms with Crippen molar-refractivity contribution in [3.63, 3.8) is 0 Å². The highest BCUT2D eigenvalue weighted by atomic mass is 16.5. The minimum absolute atomic E-state index is 0.194. The minimum atomic E-state index is -0.194. The minimum Gasteiger partial charge on any atom is -0.466 e. The molecule has 0 radical (unpaired) electrons. The van der Waals surface area contributed by atoms with Gasteiger partial charge in [-0.1, -0.05) is 24.8 Å². The molecule has 0 aromatic carbocycles. The van der Waals surface area contributed by atoms with Crippen LogP contribution < -0.4 is 0 Å². The molecule has 10 heavy (non-hydrogen) atoms. The molecular formula is C8H12O2. The smallest absolute Gasteiger partial charge is 0.309 e. The number of carbonyl (C=O) groups excluding carboxylic acids is 1. The fourth-order valence-electron chi connectivity index (χ4n) is 0.480. The van der Waals surface area contributed by atoms with Gasteiger partial charge < -0.3 is 4.74 Å². The summed E-state index contributed by atoms with van der Waals surface area (Å²) in [5.74, 6) is -0.194. The van der Waals surface area contributed by atoms with Crippen molar-refractivity contribution in [2.45, 2.75) is 13.3 Å². The summed E-state index contributed by atoms with van der Waals surface area (Å²) in [7, 11) is 0. The summed E-state index contributed by atoms with van der Waals surface area (Å²) in [5.41, 5.74) is 0. The zero-order valence-corrected chi connectivity index (χ0v) is 6.17. The van der Waals surface area contributed by atoms with Gasteiger partial charge in [-0.25, -0.2) is 0 Å². The summed E-state index contributed by atoms with van der Waals surface area (Å²) in [4.78, 5) is 10.6. The van der Waals surface area contributed by atoms with Gasteiger partial charge in [-0.05, 0) is 6.92 Å². The van der Waals surface area contributed by atoms with Crippen LogP contribution in [0, 0.1) is 0 Å². The van der Waals surface area contributed by atoms with Crippen molar-refractivity contribution >= 4 is 5.97 Å². The molecule has 0 saturated heterocycles. The molecule has 0 N–H and O–H groups in total. The molecular weight excluding hydrogens is 128 g/mol. The summed E-state index contributed by atoms with van der Waals surface area (Å²) >= 11 is 0. The third-order valence-electron chi connectivity index (χ3n) is 0.862. The van der Waals surface area contributed by atoms with Crippen molar-refractivity contribution in [1.29, 1.82) is 0 Å². The van der Waals surface area contributed by atoms with E-state index in [-0.39, 0.29) is 5.97 Å². The van der Waals surface area contributed by atoms with Crippen LogP contribution in [0.4, 0.5) is 0 Å². The normalized spacial score (nSPS) is 9.70. The van der Waals surface area contributed by atoms with Gasteiger partial charge in [-0.3, -0.25) is 4.79 Å². The van der Waals surface area contributed by atoms with Gasteiger partial charge in [0.05, 0.1) is 13.0 Å². The summed E-state index contributed by atoms with van der Waals surface area (Å²) in [5, 5.41) is 0. The van der Waals surface area contributed by atoms with Crippen LogP contribution in [0.15, 0.2) is 24.8 Å². The summed E-state index contributed by atoms with van der Waals surface area (Å²) in [6.45, 7) is 5.70. The lowest BCUT2D eigenvalue weighted by Crippen LogP contribution is -2.01. The van der Waals surface area contributed by atoms with Gasteiger partial charge >= 0.3 is 5.97 Å². The van der Waals surface area contributed by atoms with E-state index in [2.05, 4.69) is 11.3 Å². The Balaban J connectivity index is 3.38. The summed E-state index contributed by atoms with van der Waals surface area (Å²) in [6, 6.07) is 0. The first-order valence-electron chi connectivity index (χ1n) is 3.24. The van der Waals surface area contributed by atoms with E-state index in [1.807, 2.05) is 0 Å². The van der Waals surface area contributed by atoms with Crippen LogP contribution in [0.25, 0.3) is 0 Å². The highest BCUT2D eigenvalue weighted by Crippen LogP contribution is 1.87. The Morgan fingerprint density at radius 3 is 2.90 bits per heavy atom. The molecule has 0 heterocycles. The van der Waals surface area contributed by atoms with Crippen molar-refractivity contribution in [1.82, 2.24) is 0 Å². The second-order valence-corrected chi connectivity index (χ2v) is 1.67. The Labute approximate surface area is 61.2 Å². The third-order valence-corrected chi connectivity index (χ3v) is 0.862. The Kier molecular flexibility index (Phi) is 5.44. The first-order chi connectivity index (χ1) is 4.81. The zero-order valence-electron chi connectivity index (χ0n) is 6.17. The first kappa shape index (κ1) is 8.95. The molecule has 0 atom stereocenters. The van der Waals surface area contributed by atoms with Crippen molar-refractivity contribution in [2.75, 3.05) is 6.61 Å². The van der Waals surface area contributed by atoms with Gasteiger partial charge in [-0.2, -0.15) is 0 Å². The number of hydrogen-bond acceptors (Lipinski definition) is 2. The largest absolute Gasteiger partial charge is 0.466 e. The highest BCUT2D eigenvalue weighted by Gasteiger charge is 1.94. The fraction of sp³-hybridized carbons (Fsp3) is 0.375. The van der Waals surface area contributed by atoms with E-state index in [1.54, 1.807) is 25.2 Å². The molecule has 0 spiro atoms. The lowest BCUT2D eigenvalue weighted by atomic mass is 10.4. The van der Waals surface area contributed by atoms with Crippen LogP contribution in [0.5, 0.6) is 0 Å². The van der Waals surface area contributed by atoms with Crippen LogP contribution in [0.3, 0.4) is 0 Å². The zero-order chi connectivity index (χ0) is 7.82. The molecule has 0 aliphatic rings. The molecule has 0 amide bonds. The van der Waals surface area contributed by atoms with Crippen LogP contribution >= 0.6 is 0 Å². The molecule has 0 aliphatic heterocycles. The third kappa shape index (κ3) is 5.09. The Hall–Kier alpha value is -1.05. The Morgan fingerprint density at radius 2 is 2.40 bits per heavy atom. The van der Waals surface area contributed by atoms with Gasteiger partial charge in [-0.15, -0.1) is 0 Å². The van der Waals surface area contributed by atoms with Crippen molar-refractivity contribution in [3.8, 4) is 0 Å². The molecule has 0 aliphatic carbocycles. The quantitative estimate of drug-likeness (QED) is 0.438. The average Bonchev–Trinajstić information content (AvgIpc) is 1.89. The molecule has 0 fully saturated rings. The van der Waals surface area contributed by atoms with E-state index in [0.717, 1.165) is 0 Å². The van der Waals surface area contributed by atoms with Gasteiger partial charge in [0.2, 0.25) is 0 Å². The summed E-state index contributed by atoms with van der Waals surface area (Å²) < 4.78 is 4.66. The average molecular weight is 140 g/mol.